The van der Waals surface area contributed by atoms with Crippen LogP contribution in [-0.2, 0) is 21.2 Å². The van der Waals surface area contributed by atoms with Gasteiger partial charge in [0.05, 0.1) is 23.2 Å². The summed E-state index contributed by atoms with van der Waals surface area (Å²) in [6.45, 7) is 6.34. The Kier molecular flexibility index (Phi) is 7.46. The van der Waals surface area contributed by atoms with Gasteiger partial charge in [-0.3, -0.25) is 9.52 Å². The Morgan fingerprint density at radius 3 is 2.72 bits per heavy atom. The van der Waals surface area contributed by atoms with Crippen molar-refractivity contribution in [3.8, 4) is 12.3 Å². The van der Waals surface area contributed by atoms with Gasteiger partial charge in [-0.05, 0) is 60.8 Å². The zero-order valence-corrected chi connectivity index (χ0v) is 23.3. The van der Waals surface area contributed by atoms with Gasteiger partial charge in [-0.15, -0.1) is 17.8 Å². The molecule has 2 N–H and O–H groups in total. The van der Waals surface area contributed by atoms with Crippen LogP contribution in [-0.4, -0.2) is 49.0 Å². The average molecular weight is 550 g/mol. The number of aromatic nitrogens is 1. The maximum atomic E-state index is 12.9. The Morgan fingerprint density at radius 1 is 1.42 bits per heavy atom. The molecular weight excluding hydrogens is 518 g/mol. The minimum Gasteiger partial charge on any atom is -0.392 e. The number of carbonyl (C=O) groups excluding carboxylic acids is 1. The van der Waals surface area contributed by atoms with Crippen LogP contribution in [0.1, 0.15) is 50.1 Å². The van der Waals surface area contributed by atoms with E-state index in [-0.39, 0.29) is 46.4 Å². The average Bonchev–Trinajstić information content (AvgIpc) is 3.19. The number of terminal acetylenes is 1. The van der Waals surface area contributed by atoms with Crippen LogP contribution < -0.4 is 4.72 Å². The Balaban J connectivity index is 1.58. The smallest absolute Gasteiger partial charge is 0.263 e. The van der Waals surface area contributed by atoms with Gasteiger partial charge >= 0.3 is 0 Å². The first kappa shape index (κ1) is 26.9. The van der Waals surface area contributed by atoms with Crippen molar-refractivity contribution in [3.63, 3.8) is 0 Å². The quantitative estimate of drug-likeness (QED) is 0.521. The molecule has 0 unspecified atom stereocenters. The van der Waals surface area contributed by atoms with Crippen molar-refractivity contribution < 1.29 is 18.3 Å². The lowest BCUT2D eigenvalue weighted by atomic mass is 9.53. The summed E-state index contributed by atoms with van der Waals surface area (Å²) in [5.41, 5.74) is 0.647. The molecule has 1 heterocycles. The number of aliphatic hydroxyl groups is 1. The molecular formula is C26H32ClN3O4S2. The number of carbonyl (C=O) groups is 1. The number of anilines is 1. The molecule has 1 fully saturated rings. The summed E-state index contributed by atoms with van der Waals surface area (Å²) in [5, 5.41) is 12.3. The molecule has 0 saturated heterocycles. The third-order valence-corrected chi connectivity index (χ3v) is 10.7. The van der Waals surface area contributed by atoms with E-state index in [0.717, 1.165) is 23.4 Å². The number of nitrogens with one attached hydrogen (secondary N) is 1. The van der Waals surface area contributed by atoms with Crippen molar-refractivity contribution in [3.05, 3.63) is 39.9 Å². The number of halogens is 1. The Labute approximate surface area is 222 Å². The van der Waals surface area contributed by atoms with E-state index in [1.54, 1.807) is 7.05 Å². The summed E-state index contributed by atoms with van der Waals surface area (Å²) >= 11 is 7.25. The highest BCUT2D eigenvalue weighted by Gasteiger charge is 2.54. The van der Waals surface area contributed by atoms with Gasteiger partial charge in [-0.25, -0.2) is 13.4 Å². The van der Waals surface area contributed by atoms with Crippen LogP contribution in [0.15, 0.2) is 29.2 Å². The zero-order chi connectivity index (χ0) is 26.4. The summed E-state index contributed by atoms with van der Waals surface area (Å²) in [4.78, 5) is 20.3. The van der Waals surface area contributed by atoms with Crippen LogP contribution >= 0.6 is 22.9 Å². The van der Waals surface area contributed by atoms with Crippen LogP contribution in [0.2, 0.25) is 5.02 Å². The number of sulfonamides is 1. The first-order valence-electron chi connectivity index (χ1n) is 12.0. The molecule has 2 aliphatic rings. The van der Waals surface area contributed by atoms with E-state index in [1.165, 1.54) is 40.5 Å². The van der Waals surface area contributed by atoms with Gasteiger partial charge in [0, 0.05) is 28.8 Å². The normalized spacial score (nSPS) is 28.4. The van der Waals surface area contributed by atoms with Crippen molar-refractivity contribution in [2.75, 3.05) is 18.3 Å². The van der Waals surface area contributed by atoms with Gasteiger partial charge in [-0.2, -0.15) is 0 Å². The summed E-state index contributed by atoms with van der Waals surface area (Å²) in [7, 11) is -2.12. The highest BCUT2D eigenvalue weighted by Crippen LogP contribution is 2.57. The first-order valence-corrected chi connectivity index (χ1v) is 14.7. The number of rotatable bonds is 6. The molecule has 2 aliphatic carbocycles. The molecule has 36 heavy (non-hydrogen) atoms. The maximum Gasteiger partial charge on any atom is 0.263 e. The highest BCUT2D eigenvalue weighted by molar-refractivity contribution is 7.93. The van der Waals surface area contributed by atoms with E-state index in [4.69, 9.17) is 18.0 Å². The molecule has 4 rings (SSSR count). The van der Waals surface area contributed by atoms with Crippen LogP contribution in [0.4, 0.5) is 5.13 Å². The standard InChI is InChI=1S/C26H32ClN3O4S2/c1-6-13-30(5)24(32)15(2)19-11-12-26(4)14-20-22(16(3)21(26)23(19)31)28-25(35-20)29-36(33,34)18-9-7-17(27)8-10-18/h1,7-10,15-16,19,21,23,31H,11-14H2,2-5H3,(H,28,29)/t15-,16-,19-,21+,23-,26+/m0/s1. The van der Waals surface area contributed by atoms with E-state index in [9.17, 15) is 18.3 Å². The molecule has 2 aromatic rings. The number of aliphatic hydroxyl groups excluding tert-OH is 1. The third-order valence-electron chi connectivity index (χ3n) is 8.00. The van der Waals surface area contributed by atoms with Gasteiger partial charge in [0.2, 0.25) is 5.91 Å². The molecule has 1 aromatic heterocycles. The fourth-order valence-electron chi connectivity index (χ4n) is 6.12. The minimum atomic E-state index is -3.81. The molecule has 1 aromatic carbocycles. The van der Waals surface area contributed by atoms with Crippen molar-refractivity contribution in [2.24, 2.45) is 23.2 Å². The molecule has 0 bridgehead atoms. The zero-order valence-electron chi connectivity index (χ0n) is 20.9. The monoisotopic (exact) mass is 549 g/mol. The van der Waals surface area contributed by atoms with Crippen molar-refractivity contribution in [1.82, 2.24) is 9.88 Å². The fraction of sp³-hybridized carbons (Fsp3) is 0.538. The third kappa shape index (κ3) is 4.89. The second-order valence-corrected chi connectivity index (χ2v) is 13.6. The van der Waals surface area contributed by atoms with Gasteiger partial charge in [0.1, 0.15) is 0 Å². The molecule has 7 nitrogen and oxygen atoms in total. The van der Waals surface area contributed by atoms with Crippen molar-refractivity contribution in [1.29, 1.82) is 0 Å². The fourth-order valence-corrected chi connectivity index (χ4v) is 8.75. The second kappa shape index (κ2) is 9.97. The molecule has 194 valence electrons. The van der Waals surface area contributed by atoms with Gasteiger partial charge in [0.25, 0.3) is 10.0 Å². The van der Waals surface area contributed by atoms with Gasteiger partial charge < -0.3 is 10.0 Å². The number of amides is 1. The number of nitrogens with zero attached hydrogens (tertiary/aromatic N) is 2. The number of thiazole rings is 1. The predicted molar refractivity (Wildman–Crippen MR) is 142 cm³/mol. The molecule has 10 heteroatoms. The molecule has 0 spiro atoms. The summed E-state index contributed by atoms with van der Waals surface area (Å²) < 4.78 is 28.4. The van der Waals surface area contributed by atoms with Gasteiger partial charge in [-0.1, -0.05) is 38.3 Å². The van der Waals surface area contributed by atoms with E-state index >= 15 is 0 Å². The lowest BCUT2D eigenvalue weighted by Gasteiger charge is -2.53. The Morgan fingerprint density at radius 2 is 2.08 bits per heavy atom. The predicted octanol–water partition coefficient (Wildman–Crippen LogP) is 4.38. The maximum absolute atomic E-state index is 12.9. The number of hydrogen-bond acceptors (Lipinski definition) is 6. The van der Waals surface area contributed by atoms with E-state index in [0.29, 0.717) is 16.6 Å². The largest absolute Gasteiger partial charge is 0.392 e. The highest BCUT2D eigenvalue weighted by atomic mass is 35.5. The lowest BCUT2D eigenvalue weighted by molar-refractivity contribution is -0.142. The molecule has 0 radical (unpaired) electrons. The molecule has 6 atom stereocenters. The summed E-state index contributed by atoms with van der Waals surface area (Å²) in [6.07, 6.45) is 7.01. The Hall–Kier alpha value is -2.12. The van der Waals surface area contributed by atoms with Crippen LogP contribution in [0, 0.1) is 35.5 Å². The van der Waals surface area contributed by atoms with Crippen LogP contribution in [0.5, 0.6) is 0 Å². The van der Waals surface area contributed by atoms with E-state index < -0.39 is 16.1 Å². The first-order chi connectivity index (χ1) is 16.9. The van der Waals surface area contributed by atoms with E-state index in [1.807, 2.05) is 13.8 Å². The van der Waals surface area contributed by atoms with Crippen molar-refractivity contribution >= 4 is 44.0 Å². The van der Waals surface area contributed by atoms with Crippen molar-refractivity contribution in [2.45, 2.75) is 57.0 Å². The molecule has 1 amide bonds. The van der Waals surface area contributed by atoms with Gasteiger partial charge in [0.15, 0.2) is 5.13 Å². The second-order valence-electron chi connectivity index (χ2n) is 10.4. The summed E-state index contributed by atoms with van der Waals surface area (Å²) in [5.74, 6) is 1.72. The molecule has 1 saturated carbocycles. The number of benzene rings is 1. The number of fused-ring (bicyclic) bond motifs is 2. The van der Waals surface area contributed by atoms with Crippen LogP contribution in [0.25, 0.3) is 0 Å². The molecule has 0 aliphatic heterocycles. The summed E-state index contributed by atoms with van der Waals surface area (Å²) in [6, 6.07) is 5.97. The SMILES string of the molecule is C#CCN(C)C(=O)[C@@H](C)[C@@H]1CC[C@]2(C)Cc3sc(NS(=O)(=O)c4ccc(Cl)cc4)nc3[C@@H](C)[C@@H]2[C@H]1O. The topological polar surface area (TPSA) is 99.6 Å². The number of hydrogen-bond donors (Lipinski definition) is 2. The Bertz CT molecular complexity index is 1290. The lowest BCUT2D eigenvalue weighted by Crippen LogP contribution is -2.53. The van der Waals surface area contributed by atoms with Crippen LogP contribution in [0.3, 0.4) is 0 Å². The minimum absolute atomic E-state index is 0.0581. The van der Waals surface area contributed by atoms with E-state index in [2.05, 4.69) is 22.6 Å².